The SMILES string of the molecule is CCC(O)n1ccc(=O)[nH]c1=O. The summed E-state index contributed by atoms with van der Waals surface area (Å²) in [7, 11) is 0. The minimum absolute atomic E-state index is 0.423. The molecule has 5 heteroatoms. The Morgan fingerprint density at radius 3 is 2.83 bits per heavy atom. The van der Waals surface area contributed by atoms with Gasteiger partial charge in [0.15, 0.2) is 0 Å². The molecule has 0 aromatic carbocycles. The Morgan fingerprint density at radius 2 is 2.33 bits per heavy atom. The molecule has 12 heavy (non-hydrogen) atoms. The molecule has 1 unspecified atom stereocenters. The third-order valence-corrected chi connectivity index (χ3v) is 1.54. The lowest BCUT2D eigenvalue weighted by Gasteiger charge is -2.09. The Bertz CT molecular complexity index is 365. The first-order valence-electron chi connectivity index (χ1n) is 3.64. The number of rotatable bonds is 2. The average molecular weight is 170 g/mol. The van der Waals surface area contributed by atoms with Crippen LogP contribution in [0, 0.1) is 0 Å². The van der Waals surface area contributed by atoms with Crippen LogP contribution in [0.1, 0.15) is 19.6 Å². The van der Waals surface area contributed by atoms with Crippen LogP contribution < -0.4 is 11.2 Å². The highest BCUT2D eigenvalue weighted by molar-refractivity contribution is 4.83. The number of hydrogen-bond acceptors (Lipinski definition) is 3. The minimum Gasteiger partial charge on any atom is -0.373 e. The topological polar surface area (TPSA) is 75.1 Å². The molecule has 0 amide bonds. The van der Waals surface area contributed by atoms with E-state index >= 15 is 0 Å². The molecule has 0 aliphatic heterocycles. The van der Waals surface area contributed by atoms with Crippen LogP contribution in [0.5, 0.6) is 0 Å². The van der Waals surface area contributed by atoms with Gasteiger partial charge in [-0.15, -0.1) is 0 Å². The first-order valence-corrected chi connectivity index (χ1v) is 3.64. The minimum atomic E-state index is -0.866. The fraction of sp³-hybridized carbons (Fsp3) is 0.429. The Kier molecular flexibility index (Phi) is 2.44. The van der Waals surface area contributed by atoms with Gasteiger partial charge < -0.3 is 5.11 Å². The molecule has 1 aromatic heterocycles. The van der Waals surface area contributed by atoms with Crippen molar-refractivity contribution < 1.29 is 5.11 Å². The summed E-state index contributed by atoms with van der Waals surface area (Å²) in [5, 5.41) is 9.24. The molecule has 0 radical (unpaired) electrons. The second-order valence-electron chi connectivity index (χ2n) is 2.41. The lowest BCUT2D eigenvalue weighted by atomic mass is 10.4. The maximum absolute atomic E-state index is 11.0. The zero-order valence-corrected chi connectivity index (χ0v) is 6.65. The predicted octanol–water partition coefficient (Wildman–Crippen LogP) is -0.562. The quantitative estimate of drug-likeness (QED) is 0.624. The van der Waals surface area contributed by atoms with Gasteiger partial charge in [0.05, 0.1) is 0 Å². The van der Waals surface area contributed by atoms with Gasteiger partial charge in [0, 0.05) is 12.3 Å². The highest BCUT2D eigenvalue weighted by atomic mass is 16.3. The van der Waals surface area contributed by atoms with E-state index in [4.69, 9.17) is 0 Å². The monoisotopic (exact) mass is 170 g/mol. The molecule has 1 atom stereocenters. The Morgan fingerprint density at radius 1 is 1.67 bits per heavy atom. The molecule has 1 aromatic rings. The summed E-state index contributed by atoms with van der Waals surface area (Å²) in [5.74, 6) is 0. The number of aliphatic hydroxyl groups is 1. The molecule has 66 valence electrons. The molecule has 1 rings (SSSR count). The van der Waals surface area contributed by atoms with Crippen LogP contribution in [-0.2, 0) is 0 Å². The molecule has 0 fully saturated rings. The number of aromatic amines is 1. The zero-order chi connectivity index (χ0) is 9.14. The summed E-state index contributed by atoms with van der Waals surface area (Å²) in [5.41, 5.74) is -1.04. The lowest BCUT2D eigenvalue weighted by Crippen LogP contribution is -2.31. The van der Waals surface area contributed by atoms with Gasteiger partial charge in [0.2, 0.25) is 0 Å². The van der Waals surface area contributed by atoms with Gasteiger partial charge in [-0.05, 0) is 6.42 Å². The third kappa shape index (κ3) is 1.62. The molecule has 0 bridgehead atoms. The summed E-state index contributed by atoms with van der Waals surface area (Å²) in [6, 6.07) is 1.19. The summed E-state index contributed by atoms with van der Waals surface area (Å²) in [6.45, 7) is 1.74. The number of nitrogens with zero attached hydrogens (tertiary/aromatic N) is 1. The average Bonchev–Trinajstić information content (AvgIpc) is 2.03. The molecular formula is C7H10N2O3. The summed E-state index contributed by atoms with van der Waals surface area (Å²) >= 11 is 0. The fourth-order valence-electron chi connectivity index (χ4n) is 0.859. The molecule has 0 saturated carbocycles. The van der Waals surface area contributed by atoms with Gasteiger partial charge in [-0.3, -0.25) is 14.3 Å². The van der Waals surface area contributed by atoms with Crippen LogP contribution in [0.2, 0.25) is 0 Å². The zero-order valence-electron chi connectivity index (χ0n) is 6.65. The Hall–Kier alpha value is -1.36. The van der Waals surface area contributed by atoms with Crippen molar-refractivity contribution in [1.82, 2.24) is 9.55 Å². The number of aliphatic hydroxyl groups excluding tert-OH is 1. The van der Waals surface area contributed by atoms with E-state index in [1.807, 2.05) is 4.98 Å². The predicted molar refractivity (Wildman–Crippen MR) is 42.9 cm³/mol. The van der Waals surface area contributed by atoms with Crippen LogP contribution >= 0.6 is 0 Å². The van der Waals surface area contributed by atoms with E-state index in [0.717, 1.165) is 4.57 Å². The molecule has 5 nitrogen and oxygen atoms in total. The maximum Gasteiger partial charge on any atom is 0.330 e. The molecule has 0 aliphatic carbocycles. The van der Waals surface area contributed by atoms with Crippen molar-refractivity contribution in [2.75, 3.05) is 0 Å². The standard InChI is InChI=1S/C7H10N2O3/c1-2-6(11)9-4-3-5(10)8-7(9)12/h3-4,6,11H,2H2,1H3,(H,8,10,12). The number of H-pyrrole nitrogens is 1. The molecule has 0 saturated heterocycles. The summed E-state index contributed by atoms with van der Waals surface area (Å²) in [6.07, 6.45) is 0.829. The Balaban J connectivity index is 3.19. The van der Waals surface area contributed by atoms with Crippen molar-refractivity contribution in [3.05, 3.63) is 33.1 Å². The molecule has 2 N–H and O–H groups in total. The summed E-state index contributed by atoms with van der Waals surface area (Å²) in [4.78, 5) is 23.6. The third-order valence-electron chi connectivity index (χ3n) is 1.54. The van der Waals surface area contributed by atoms with Gasteiger partial charge in [-0.2, -0.15) is 0 Å². The highest BCUT2D eigenvalue weighted by Crippen LogP contribution is 1.99. The molecule has 0 aliphatic rings. The van der Waals surface area contributed by atoms with E-state index in [0.29, 0.717) is 6.42 Å². The van der Waals surface area contributed by atoms with Gasteiger partial charge in [0.25, 0.3) is 5.56 Å². The van der Waals surface area contributed by atoms with E-state index in [9.17, 15) is 14.7 Å². The van der Waals surface area contributed by atoms with E-state index in [1.54, 1.807) is 6.92 Å². The number of hydrogen-bond donors (Lipinski definition) is 2. The summed E-state index contributed by atoms with van der Waals surface area (Å²) < 4.78 is 1.07. The largest absolute Gasteiger partial charge is 0.373 e. The number of aromatic nitrogens is 2. The van der Waals surface area contributed by atoms with Crippen molar-refractivity contribution in [3.8, 4) is 0 Å². The molecule has 0 spiro atoms. The van der Waals surface area contributed by atoms with Gasteiger partial charge in [-0.25, -0.2) is 4.79 Å². The van der Waals surface area contributed by atoms with Gasteiger partial charge in [-0.1, -0.05) is 6.92 Å². The normalized spacial score (nSPS) is 12.8. The first kappa shape index (κ1) is 8.73. The van der Waals surface area contributed by atoms with Crippen molar-refractivity contribution in [3.63, 3.8) is 0 Å². The van der Waals surface area contributed by atoms with Crippen LogP contribution in [0.15, 0.2) is 21.9 Å². The Labute approximate surface area is 68.3 Å². The maximum atomic E-state index is 11.0. The molecule has 1 heterocycles. The van der Waals surface area contributed by atoms with Crippen molar-refractivity contribution in [2.45, 2.75) is 19.6 Å². The van der Waals surface area contributed by atoms with Crippen LogP contribution in [-0.4, -0.2) is 14.7 Å². The fourth-order valence-corrected chi connectivity index (χ4v) is 0.859. The van der Waals surface area contributed by atoms with E-state index in [1.165, 1.54) is 12.3 Å². The second kappa shape index (κ2) is 3.36. The van der Waals surface area contributed by atoms with Crippen LogP contribution in [0.25, 0.3) is 0 Å². The number of nitrogens with one attached hydrogen (secondary N) is 1. The first-order chi connectivity index (χ1) is 5.65. The smallest absolute Gasteiger partial charge is 0.330 e. The highest BCUT2D eigenvalue weighted by Gasteiger charge is 2.04. The van der Waals surface area contributed by atoms with Crippen molar-refractivity contribution >= 4 is 0 Å². The van der Waals surface area contributed by atoms with Gasteiger partial charge in [0.1, 0.15) is 6.23 Å². The van der Waals surface area contributed by atoms with Crippen LogP contribution in [0.4, 0.5) is 0 Å². The second-order valence-corrected chi connectivity index (χ2v) is 2.41. The van der Waals surface area contributed by atoms with E-state index in [2.05, 4.69) is 0 Å². The van der Waals surface area contributed by atoms with Crippen molar-refractivity contribution in [1.29, 1.82) is 0 Å². The lowest BCUT2D eigenvalue weighted by molar-refractivity contribution is 0.0945. The van der Waals surface area contributed by atoms with Crippen LogP contribution in [0.3, 0.4) is 0 Å². The van der Waals surface area contributed by atoms with E-state index < -0.39 is 17.5 Å². The molecular weight excluding hydrogens is 160 g/mol. The van der Waals surface area contributed by atoms with E-state index in [-0.39, 0.29) is 0 Å². The van der Waals surface area contributed by atoms with Gasteiger partial charge >= 0.3 is 5.69 Å². The van der Waals surface area contributed by atoms with Crippen molar-refractivity contribution in [2.24, 2.45) is 0 Å².